The number of benzene rings is 1. The highest BCUT2D eigenvalue weighted by molar-refractivity contribution is 6.34. The Kier molecular flexibility index (Phi) is 2.93. The number of nitrogens with zero attached hydrogens (tertiary/aromatic N) is 2. The molecule has 4 nitrogen and oxygen atoms in total. The Morgan fingerprint density at radius 3 is 2.95 bits per heavy atom. The van der Waals surface area contributed by atoms with Crippen molar-refractivity contribution in [1.82, 2.24) is 15.0 Å². The third kappa shape index (κ3) is 2.07. The van der Waals surface area contributed by atoms with Crippen molar-refractivity contribution in [3.05, 3.63) is 58.9 Å². The molecule has 1 unspecified atom stereocenters. The van der Waals surface area contributed by atoms with Gasteiger partial charge in [0.1, 0.15) is 29.0 Å². The van der Waals surface area contributed by atoms with Crippen LogP contribution in [-0.4, -0.2) is 20.1 Å². The van der Waals surface area contributed by atoms with Crippen molar-refractivity contribution < 1.29 is 9.50 Å². The van der Waals surface area contributed by atoms with Gasteiger partial charge in [-0.25, -0.2) is 14.4 Å². The second-order valence-electron chi connectivity index (χ2n) is 4.09. The van der Waals surface area contributed by atoms with E-state index in [1.165, 1.54) is 18.5 Å². The normalized spacial score (nSPS) is 12.8. The van der Waals surface area contributed by atoms with Gasteiger partial charge in [-0.1, -0.05) is 23.7 Å². The van der Waals surface area contributed by atoms with Gasteiger partial charge in [0.15, 0.2) is 0 Å². The number of H-pyrrole nitrogens is 1. The van der Waals surface area contributed by atoms with Crippen LogP contribution < -0.4 is 0 Å². The molecule has 1 aromatic carbocycles. The highest BCUT2D eigenvalue weighted by Gasteiger charge is 2.18. The lowest BCUT2D eigenvalue weighted by Crippen LogP contribution is -1.99. The summed E-state index contributed by atoms with van der Waals surface area (Å²) in [6.45, 7) is 0. The number of rotatable bonds is 2. The lowest BCUT2D eigenvalue weighted by atomic mass is 10.0. The molecule has 3 rings (SSSR count). The van der Waals surface area contributed by atoms with Crippen molar-refractivity contribution in [2.45, 2.75) is 6.10 Å². The van der Waals surface area contributed by atoms with E-state index < -0.39 is 11.9 Å². The maximum Gasteiger partial charge on any atom is 0.142 e. The predicted molar refractivity (Wildman–Crippen MR) is 69.4 cm³/mol. The Morgan fingerprint density at radius 2 is 2.16 bits per heavy atom. The first kappa shape index (κ1) is 12.1. The summed E-state index contributed by atoms with van der Waals surface area (Å²) >= 11 is 6.01. The number of halogens is 2. The van der Waals surface area contributed by atoms with Crippen molar-refractivity contribution in [2.75, 3.05) is 0 Å². The van der Waals surface area contributed by atoms with Crippen LogP contribution in [0.3, 0.4) is 0 Å². The summed E-state index contributed by atoms with van der Waals surface area (Å²) in [5.74, 6) is -0.404. The smallest absolute Gasteiger partial charge is 0.142 e. The average molecular weight is 278 g/mol. The first-order valence-corrected chi connectivity index (χ1v) is 5.95. The average Bonchev–Trinajstić information content (AvgIpc) is 2.83. The van der Waals surface area contributed by atoms with E-state index in [0.29, 0.717) is 22.2 Å². The molecule has 0 amide bonds. The van der Waals surface area contributed by atoms with Gasteiger partial charge in [0.05, 0.1) is 5.39 Å². The SMILES string of the molecule is OC(c1cccc(F)c1)c1c[nH]c2ncnc(Cl)c12. The summed E-state index contributed by atoms with van der Waals surface area (Å²) < 4.78 is 13.2. The van der Waals surface area contributed by atoms with E-state index in [0.717, 1.165) is 0 Å². The van der Waals surface area contributed by atoms with Crippen LogP contribution >= 0.6 is 11.6 Å². The van der Waals surface area contributed by atoms with Gasteiger partial charge in [0.2, 0.25) is 0 Å². The van der Waals surface area contributed by atoms with Crippen LogP contribution in [0.4, 0.5) is 4.39 Å². The molecular weight excluding hydrogens is 269 g/mol. The molecule has 0 aliphatic heterocycles. The zero-order valence-electron chi connectivity index (χ0n) is 9.64. The maximum atomic E-state index is 13.2. The van der Waals surface area contributed by atoms with Gasteiger partial charge in [-0.2, -0.15) is 0 Å². The number of hydrogen-bond donors (Lipinski definition) is 2. The van der Waals surface area contributed by atoms with E-state index in [9.17, 15) is 9.50 Å². The molecule has 0 aliphatic carbocycles. The number of aromatic amines is 1. The molecular formula is C13H9ClFN3O. The van der Waals surface area contributed by atoms with Gasteiger partial charge in [-0.05, 0) is 17.7 Å². The van der Waals surface area contributed by atoms with Gasteiger partial charge >= 0.3 is 0 Å². The zero-order chi connectivity index (χ0) is 13.4. The molecule has 2 aromatic heterocycles. The summed E-state index contributed by atoms with van der Waals surface area (Å²) in [7, 11) is 0. The molecule has 19 heavy (non-hydrogen) atoms. The molecule has 3 aromatic rings. The minimum atomic E-state index is -0.993. The van der Waals surface area contributed by atoms with Gasteiger partial charge in [-0.15, -0.1) is 0 Å². The molecule has 0 saturated carbocycles. The summed E-state index contributed by atoms with van der Waals surface area (Å²) in [6, 6.07) is 5.79. The van der Waals surface area contributed by atoms with Crippen LogP contribution in [0.1, 0.15) is 17.2 Å². The first-order valence-electron chi connectivity index (χ1n) is 5.58. The van der Waals surface area contributed by atoms with E-state index in [-0.39, 0.29) is 5.15 Å². The predicted octanol–water partition coefficient (Wildman–Crippen LogP) is 2.83. The zero-order valence-corrected chi connectivity index (χ0v) is 10.4. The van der Waals surface area contributed by atoms with Crippen molar-refractivity contribution in [3.8, 4) is 0 Å². The first-order chi connectivity index (χ1) is 9.16. The number of hydrogen-bond acceptors (Lipinski definition) is 3. The van der Waals surface area contributed by atoms with E-state index in [2.05, 4.69) is 15.0 Å². The Hall–Kier alpha value is -1.98. The molecule has 96 valence electrons. The Bertz CT molecular complexity index is 744. The van der Waals surface area contributed by atoms with Crippen LogP contribution in [0.15, 0.2) is 36.8 Å². The van der Waals surface area contributed by atoms with Crippen molar-refractivity contribution in [1.29, 1.82) is 0 Å². The van der Waals surface area contributed by atoms with Crippen LogP contribution in [0.25, 0.3) is 11.0 Å². The third-order valence-electron chi connectivity index (χ3n) is 2.91. The monoisotopic (exact) mass is 277 g/mol. The Balaban J connectivity index is 2.14. The van der Waals surface area contributed by atoms with E-state index in [1.54, 1.807) is 18.3 Å². The van der Waals surface area contributed by atoms with Crippen molar-refractivity contribution >= 4 is 22.6 Å². The maximum absolute atomic E-state index is 13.2. The summed E-state index contributed by atoms with van der Waals surface area (Å²) in [6.07, 6.45) is 1.94. The van der Waals surface area contributed by atoms with E-state index in [1.807, 2.05) is 0 Å². The molecule has 0 radical (unpaired) electrons. The Morgan fingerprint density at radius 1 is 1.32 bits per heavy atom. The second kappa shape index (κ2) is 4.60. The van der Waals surface area contributed by atoms with Crippen LogP contribution in [-0.2, 0) is 0 Å². The topological polar surface area (TPSA) is 61.8 Å². The third-order valence-corrected chi connectivity index (χ3v) is 3.20. The number of aromatic nitrogens is 3. The minimum Gasteiger partial charge on any atom is -0.384 e. The van der Waals surface area contributed by atoms with Crippen LogP contribution in [0.2, 0.25) is 5.15 Å². The standard InChI is InChI=1S/C13H9ClFN3O/c14-12-10-9(5-16-13(10)18-6-17-12)11(19)7-2-1-3-8(15)4-7/h1-6,11,19H,(H,16,17,18). The second-order valence-corrected chi connectivity index (χ2v) is 4.45. The van der Waals surface area contributed by atoms with Crippen LogP contribution in [0.5, 0.6) is 0 Å². The van der Waals surface area contributed by atoms with Crippen LogP contribution in [0, 0.1) is 5.82 Å². The van der Waals surface area contributed by atoms with Crippen molar-refractivity contribution in [2.24, 2.45) is 0 Å². The molecule has 1 atom stereocenters. The molecule has 6 heteroatoms. The molecule has 0 bridgehead atoms. The molecule has 2 heterocycles. The summed E-state index contributed by atoms with van der Waals surface area (Å²) in [5, 5.41) is 11.1. The number of nitrogens with one attached hydrogen (secondary N) is 1. The van der Waals surface area contributed by atoms with Gasteiger partial charge in [-0.3, -0.25) is 0 Å². The van der Waals surface area contributed by atoms with E-state index >= 15 is 0 Å². The fraction of sp³-hybridized carbons (Fsp3) is 0.0769. The highest BCUT2D eigenvalue weighted by Crippen LogP contribution is 2.31. The molecule has 2 N–H and O–H groups in total. The minimum absolute atomic E-state index is 0.247. The highest BCUT2D eigenvalue weighted by atomic mass is 35.5. The molecule has 0 fully saturated rings. The van der Waals surface area contributed by atoms with Gasteiger partial charge in [0.25, 0.3) is 0 Å². The number of fused-ring (bicyclic) bond motifs is 1. The number of aliphatic hydroxyl groups excluding tert-OH is 1. The number of aliphatic hydroxyl groups is 1. The van der Waals surface area contributed by atoms with Crippen molar-refractivity contribution in [3.63, 3.8) is 0 Å². The quantitative estimate of drug-likeness (QED) is 0.708. The van der Waals surface area contributed by atoms with Gasteiger partial charge < -0.3 is 10.1 Å². The van der Waals surface area contributed by atoms with E-state index in [4.69, 9.17) is 11.6 Å². The summed E-state index contributed by atoms with van der Waals surface area (Å²) in [5.41, 5.74) is 1.50. The summed E-state index contributed by atoms with van der Waals surface area (Å²) in [4.78, 5) is 10.8. The lowest BCUT2D eigenvalue weighted by molar-refractivity contribution is 0.221. The molecule has 0 saturated heterocycles. The fourth-order valence-electron chi connectivity index (χ4n) is 2.02. The lowest BCUT2D eigenvalue weighted by Gasteiger charge is -2.10. The largest absolute Gasteiger partial charge is 0.384 e. The molecule has 0 spiro atoms. The Labute approximate surface area is 112 Å². The fourth-order valence-corrected chi connectivity index (χ4v) is 2.26. The molecule has 0 aliphatic rings. The van der Waals surface area contributed by atoms with Gasteiger partial charge in [0, 0.05) is 11.8 Å².